The molecule has 0 spiro atoms. The van der Waals surface area contributed by atoms with Crippen molar-refractivity contribution in [2.24, 2.45) is 5.92 Å². The van der Waals surface area contributed by atoms with Gasteiger partial charge in [0, 0.05) is 17.6 Å². The number of aryl methyl sites for hydroxylation is 1. The van der Waals surface area contributed by atoms with Crippen molar-refractivity contribution < 1.29 is 13.2 Å². The molecule has 3 rings (SSSR count). The normalized spacial score (nSPS) is 11.6. The van der Waals surface area contributed by atoms with Crippen molar-refractivity contribution in [2.75, 3.05) is 10.6 Å². The summed E-state index contributed by atoms with van der Waals surface area (Å²) >= 11 is 0. The van der Waals surface area contributed by atoms with E-state index in [0.29, 0.717) is 17.3 Å². The summed E-state index contributed by atoms with van der Waals surface area (Å²) < 4.78 is 40.6. The Kier molecular flexibility index (Phi) is 7.72. The summed E-state index contributed by atoms with van der Waals surface area (Å²) in [6.07, 6.45) is 0.377. The number of halogens is 3. The molecule has 0 fully saturated rings. The molecule has 3 aromatic rings. The summed E-state index contributed by atoms with van der Waals surface area (Å²) in [5, 5.41) is 5.80. The number of anilines is 4. The van der Waals surface area contributed by atoms with Gasteiger partial charge in [0.05, 0.1) is 0 Å². The number of nitrogens with one attached hydrogen (secondary N) is 2. The standard InChI is InChI=1S/C25H29F3N4/c1-4-5-6-18-7-11-21(12-8-18)31-24-29-16-22(25(26,27)28)23(32-24)30-20-13-9-19(10-14-20)15-17(2)3/h7-14,16-17H,4-6,15H2,1-3H3,(H2,29,30,31,32). The van der Waals surface area contributed by atoms with Crippen LogP contribution in [0.1, 0.15) is 50.3 Å². The molecule has 0 amide bonds. The minimum absolute atomic E-state index is 0.0956. The van der Waals surface area contributed by atoms with Crippen molar-refractivity contribution in [2.45, 2.75) is 52.6 Å². The predicted octanol–water partition coefficient (Wildman–Crippen LogP) is 7.52. The average molecular weight is 443 g/mol. The maximum absolute atomic E-state index is 13.5. The quantitative estimate of drug-likeness (QED) is 0.360. The number of benzene rings is 2. The maximum atomic E-state index is 13.5. The van der Waals surface area contributed by atoms with Crippen molar-refractivity contribution in [1.29, 1.82) is 0 Å². The van der Waals surface area contributed by atoms with Crippen molar-refractivity contribution in [3.05, 3.63) is 71.4 Å². The van der Waals surface area contributed by atoms with E-state index in [2.05, 4.69) is 41.4 Å². The van der Waals surface area contributed by atoms with Crippen LogP contribution in [0.2, 0.25) is 0 Å². The van der Waals surface area contributed by atoms with Gasteiger partial charge >= 0.3 is 6.18 Å². The van der Waals surface area contributed by atoms with Crippen LogP contribution in [-0.4, -0.2) is 9.97 Å². The van der Waals surface area contributed by atoms with Crippen LogP contribution in [0.3, 0.4) is 0 Å². The molecule has 0 unspecified atom stereocenters. The van der Waals surface area contributed by atoms with Gasteiger partial charge in [0.25, 0.3) is 0 Å². The van der Waals surface area contributed by atoms with Crippen molar-refractivity contribution >= 4 is 23.1 Å². The molecule has 0 saturated carbocycles. The second-order valence-corrected chi connectivity index (χ2v) is 8.30. The van der Waals surface area contributed by atoms with E-state index in [0.717, 1.165) is 37.4 Å². The van der Waals surface area contributed by atoms with Crippen LogP contribution >= 0.6 is 0 Å². The molecule has 32 heavy (non-hydrogen) atoms. The second-order valence-electron chi connectivity index (χ2n) is 8.30. The van der Waals surface area contributed by atoms with Gasteiger partial charge in [-0.05, 0) is 60.6 Å². The van der Waals surface area contributed by atoms with Crippen LogP contribution in [0, 0.1) is 5.92 Å². The van der Waals surface area contributed by atoms with Crippen LogP contribution in [0.25, 0.3) is 0 Å². The Labute approximate surface area is 187 Å². The highest BCUT2D eigenvalue weighted by Gasteiger charge is 2.35. The van der Waals surface area contributed by atoms with Gasteiger partial charge in [0.2, 0.25) is 5.95 Å². The molecule has 170 valence electrons. The first-order valence-electron chi connectivity index (χ1n) is 10.9. The number of hydrogen-bond acceptors (Lipinski definition) is 4. The highest BCUT2D eigenvalue weighted by atomic mass is 19.4. The fourth-order valence-electron chi connectivity index (χ4n) is 3.34. The molecule has 1 heterocycles. The highest BCUT2D eigenvalue weighted by Crippen LogP contribution is 2.35. The topological polar surface area (TPSA) is 49.8 Å². The molecule has 0 aliphatic rings. The van der Waals surface area contributed by atoms with E-state index in [1.165, 1.54) is 5.56 Å². The van der Waals surface area contributed by atoms with E-state index in [9.17, 15) is 13.2 Å². The van der Waals surface area contributed by atoms with E-state index in [-0.39, 0.29) is 11.8 Å². The number of rotatable bonds is 9. The molecule has 0 radical (unpaired) electrons. The molecular formula is C25H29F3N4. The Balaban J connectivity index is 1.80. The number of hydrogen-bond donors (Lipinski definition) is 2. The first-order valence-corrected chi connectivity index (χ1v) is 10.9. The Morgan fingerprint density at radius 1 is 0.875 bits per heavy atom. The molecule has 4 nitrogen and oxygen atoms in total. The second kappa shape index (κ2) is 10.5. The first-order chi connectivity index (χ1) is 15.2. The summed E-state index contributed by atoms with van der Waals surface area (Å²) in [6, 6.07) is 15.1. The largest absolute Gasteiger partial charge is 0.421 e. The molecule has 2 aromatic carbocycles. The number of unbranched alkanes of at least 4 members (excludes halogenated alkanes) is 1. The van der Waals surface area contributed by atoms with Gasteiger partial charge in [-0.3, -0.25) is 0 Å². The van der Waals surface area contributed by atoms with Crippen LogP contribution < -0.4 is 10.6 Å². The van der Waals surface area contributed by atoms with Crippen molar-refractivity contribution in [1.82, 2.24) is 9.97 Å². The zero-order valence-corrected chi connectivity index (χ0v) is 18.6. The third kappa shape index (κ3) is 6.70. The lowest BCUT2D eigenvalue weighted by molar-refractivity contribution is -0.137. The first kappa shape index (κ1) is 23.6. The summed E-state index contributed by atoms with van der Waals surface area (Å²) in [4.78, 5) is 8.00. The molecule has 7 heteroatoms. The average Bonchev–Trinajstić information content (AvgIpc) is 2.74. The molecule has 0 bridgehead atoms. The fraction of sp³-hybridized carbons (Fsp3) is 0.360. The minimum Gasteiger partial charge on any atom is -0.340 e. The van der Waals surface area contributed by atoms with E-state index < -0.39 is 11.7 Å². The Bertz CT molecular complexity index is 997. The predicted molar refractivity (Wildman–Crippen MR) is 124 cm³/mol. The van der Waals surface area contributed by atoms with Gasteiger partial charge in [-0.25, -0.2) is 4.98 Å². The Morgan fingerprint density at radius 2 is 1.47 bits per heavy atom. The molecule has 0 atom stereocenters. The monoisotopic (exact) mass is 442 g/mol. The third-order valence-corrected chi connectivity index (χ3v) is 4.98. The van der Waals surface area contributed by atoms with Crippen molar-refractivity contribution in [3.63, 3.8) is 0 Å². The fourth-order valence-corrected chi connectivity index (χ4v) is 3.34. The van der Waals surface area contributed by atoms with Gasteiger partial charge in [0.15, 0.2) is 0 Å². The van der Waals surface area contributed by atoms with E-state index in [1.807, 2.05) is 36.4 Å². The maximum Gasteiger partial charge on any atom is 0.421 e. The summed E-state index contributed by atoms with van der Waals surface area (Å²) in [7, 11) is 0. The molecule has 0 aliphatic carbocycles. The van der Waals surface area contributed by atoms with Crippen LogP contribution in [0.5, 0.6) is 0 Å². The van der Waals surface area contributed by atoms with Crippen LogP contribution in [0.15, 0.2) is 54.7 Å². The van der Waals surface area contributed by atoms with Gasteiger partial charge in [-0.1, -0.05) is 51.5 Å². The van der Waals surface area contributed by atoms with Gasteiger partial charge in [-0.2, -0.15) is 18.2 Å². The molecule has 0 aliphatic heterocycles. The lowest BCUT2D eigenvalue weighted by atomic mass is 10.0. The van der Waals surface area contributed by atoms with Gasteiger partial charge in [-0.15, -0.1) is 0 Å². The summed E-state index contributed by atoms with van der Waals surface area (Å²) in [5.41, 5.74) is 2.69. The van der Waals surface area contributed by atoms with Crippen LogP contribution in [0.4, 0.5) is 36.3 Å². The van der Waals surface area contributed by atoms with E-state index in [4.69, 9.17) is 0 Å². The lowest BCUT2D eigenvalue weighted by Crippen LogP contribution is -2.12. The Morgan fingerprint density at radius 3 is 2.03 bits per heavy atom. The summed E-state index contributed by atoms with van der Waals surface area (Å²) in [5.74, 6) is 0.311. The molecular weight excluding hydrogens is 413 g/mol. The summed E-state index contributed by atoms with van der Waals surface area (Å²) in [6.45, 7) is 6.38. The smallest absolute Gasteiger partial charge is 0.340 e. The minimum atomic E-state index is -4.57. The zero-order chi connectivity index (χ0) is 23.1. The van der Waals surface area contributed by atoms with Gasteiger partial charge < -0.3 is 10.6 Å². The third-order valence-electron chi connectivity index (χ3n) is 4.98. The number of aromatic nitrogens is 2. The molecule has 1 aromatic heterocycles. The Hall–Kier alpha value is -3.09. The number of alkyl halides is 3. The van der Waals surface area contributed by atoms with Crippen molar-refractivity contribution in [3.8, 4) is 0 Å². The van der Waals surface area contributed by atoms with Gasteiger partial charge in [0.1, 0.15) is 11.4 Å². The van der Waals surface area contributed by atoms with E-state index >= 15 is 0 Å². The molecule has 0 saturated heterocycles. The number of nitrogens with zero attached hydrogens (tertiary/aromatic N) is 2. The van der Waals surface area contributed by atoms with E-state index in [1.54, 1.807) is 12.1 Å². The van der Waals surface area contributed by atoms with Crippen LogP contribution in [-0.2, 0) is 19.0 Å². The lowest BCUT2D eigenvalue weighted by Gasteiger charge is -2.15. The molecule has 2 N–H and O–H groups in total. The zero-order valence-electron chi connectivity index (χ0n) is 18.6. The SMILES string of the molecule is CCCCc1ccc(Nc2ncc(C(F)(F)F)c(Nc3ccc(CC(C)C)cc3)n2)cc1. The highest BCUT2D eigenvalue weighted by molar-refractivity contribution is 5.63.